The summed E-state index contributed by atoms with van der Waals surface area (Å²) in [5.41, 5.74) is 2.71. The summed E-state index contributed by atoms with van der Waals surface area (Å²) in [6, 6.07) is 5.83. The van der Waals surface area contributed by atoms with Gasteiger partial charge in [0.05, 0.1) is 36.0 Å². The molecular formula is C21H23ClN6O2. The average Bonchev–Trinajstić information content (AvgIpc) is 3.41. The third kappa shape index (κ3) is 2.66. The molecule has 1 atom stereocenters. The molecule has 0 bridgehead atoms. The van der Waals surface area contributed by atoms with E-state index in [1.165, 1.54) is 0 Å². The highest BCUT2D eigenvalue weighted by Gasteiger charge is 2.46. The van der Waals surface area contributed by atoms with Gasteiger partial charge in [0.2, 0.25) is 11.9 Å². The van der Waals surface area contributed by atoms with Gasteiger partial charge in [0.15, 0.2) is 11.6 Å². The quantitative estimate of drug-likeness (QED) is 0.689. The fourth-order valence-electron chi connectivity index (χ4n) is 4.36. The van der Waals surface area contributed by atoms with Gasteiger partial charge >= 0.3 is 0 Å². The third-order valence-corrected chi connectivity index (χ3v) is 6.60. The first-order valence-electron chi connectivity index (χ1n) is 10.3. The molecule has 1 saturated carbocycles. The van der Waals surface area contributed by atoms with Gasteiger partial charge in [0.25, 0.3) is 0 Å². The first-order chi connectivity index (χ1) is 14.6. The van der Waals surface area contributed by atoms with Crippen LogP contribution in [0.1, 0.15) is 25.5 Å². The molecule has 0 amide bonds. The van der Waals surface area contributed by atoms with Crippen LogP contribution in [-0.2, 0) is 10.2 Å². The maximum Gasteiger partial charge on any atom is 0.239 e. The Bertz CT molecular complexity index is 1160. The van der Waals surface area contributed by atoms with Crippen molar-refractivity contribution in [2.24, 2.45) is 0 Å². The number of ether oxygens (including phenoxy) is 2. The standard InChI is InChI=1S/C21H23ClN6O2/c1-21(5-6-21)17-16-18(27-7-8-29-10-13(27)11-30-16)26-20(25-17)28-15-9-12(22)3-4-14(15)24-19(28)23-2/h3-4,9,13H,5-8,10-11H2,1-2H3,(H,23,24)/t13-/m0/s1. The van der Waals surface area contributed by atoms with Crippen LogP contribution in [0.4, 0.5) is 11.8 Å². The average molecular weight is 427 g/mol. The van der Waals surface area contributed by atoms with E-state index in [0.29, 0.717) is 36.7 Å². The number of nitrogens with one attached hydrogen (secondary N) is 1. The molecule has 0 spiro atoms. The van der Waals surface area contributed by atoms with E-state index in [4.69, 9.17) is 36.0 Å². The van der Waals surface area contributed by atoms with Crippen molar-refractivity contribution in [3.8, 4) is 11.7 Å². The molecule has 1 aliphatic carbocycles. The smallest absolute Gasteiger partial charge is 0.239 e. The Labute approximate surface area is 179 Å². The van der Waals surface area contributed by atoms with Crippen molar-refractivity contribution in [3.05, 3.63) is 28.9 Å². The first kappa shape index (κ1) is 18.2. The molecule has 3 aliphatic rings. The molecule has 6 rings (SSSR count). The molecule has 30 heavy (non-hydrogen) atoms. The van der Waals surface area contributed by atoms with Gasteiger partial charge in [-0.3, -0.25) is 0 Å². The SMILES string of the molecule is CNc1nc2ccc(Cl)cc2n1-c1nc2c(c(C3(C)CC3)n1)OC[C@@H]1COCCN21. The first-order valence-corrected chi connectivity index (χ1v) is 10.7. The predicted molar refractivity (Wildman–Crippen MR) is 115 cm³/mol. The summed E-state index contributed by atoms with van der Waals surface area (Å²) in [5.74, 6) is 2.94. The minimum Gasteiger partial charge on any atom is -0.486 e. The van der Waals surface area contributed by atoms with Gasteiger partial charge in [0, 0.05) is 24.0 Å². The molecule has 0 unspecified atom stereocenters. The molecule has 1 saturated heterocycles. The molecule has 156 valence electrons. The van der Waals surface area contributed by atoms with E-state index in [2.05, 4.69) is 17.1 Å². The molecule has 2 aromatic heterocycles. The van der Waals surface area contributed by atoms with E-state index >= 15 is 0 Å². The van der Waals surface area contributed by atoms with E-state index in [-0.39, 0.29) is 11.5 Å². The van der Waals surface area contributed by atoms with E-state index in [1.807, 2.05) is 29.8 Å². The normalized spacial score (nSPS) is 21.7. The fourth-order valence-corrected chi connectivity index (χ4v) is 4.52. The molecule has 4 heterocycles. The largest absolute Gasteiger partial charge is 0.486 e. The summed E-state index contributed by atoms with van der Waals surface area (Å²) < 4.78 is 13.8. The van der Waals surface area contributed by atoms with Crippen LogP contribution in [0.5, 0.6) is 5.75 Å². The Balaban J connectivity index is 1.61. The van der Waals surface area contributed by atoms with Crippen molar-refractivity contribution >= 4 is 34.4 Å². The number of hydrogen-bond donors (Lipinski definition) is 1. The summed E-state index contributed by atoms with van der Waals surface area (Å²) >= 11 is 6.31. The number of anilines is 2. The summed E-state index contributed by atoms with van der Waals surface area (Å²) in [4.78, 5) is 17.1. The fraction of sp³-hybridized carbons (Fsp3) is 0.476. The molecule has 3 aromatic rings. The Morgan fingerprint density at radius 2 is 2.07 bits per heavy atom. The van der Waals surface area contributed by atoms with Gasteiger partial charge in [0.1, 0.15) is 6.61 Å². The van der Waals surface area contributed by atoms with E-state index in [0.717, 1.165) is 47.7 Å². The van der Waals surface area contributed by atoms with Crippen molar-refractivity contribution < 1.29 is 9.47 Å². The topological polar surface area (TPSA) is 77.3 Å². The zero-order valence-electron chi connectivity index (χ0n) is 17.0. The van der Waals surface area contributed by atoms with Crippen LogP contribution in [0.25, 0.3) is 17.0 Å². The van der Waals surface area contributed by atoms with E-state index in [1.54, 1.807) is 0 Å². The van der Waals surface area contributed by atoms with Crippen LogP contribution in [0.2, 0.25) is 5.02 Å². The maximum atomic E-state index is 6.31. The predicted octanol–water partition coefficient (Wildman–Crippen LogP) is 3.16. The Hall–Kier alpha value is -2.58. The Morgan fingerprint density at radius 1 is 1.20 bits per heavy atom. The van der Waals surface area contributed by atoms with Crippen LogP contribution in [0.3, 0.4) is 0 Å². The van der Waals surface area contributed by atoms with E-state index in [9.17, 15) is 0 Å². The number of aromatic nitrogens is 4. The lowest BCUT2D eigenvalue weighted by molar-refractivity contribution is 0.0691. The van der Waals surface area contributed by atoms with Crippen molar-refractivity contribution in [2.75, 3.05) is 43.6 Å². The van der Waals surface area contributed by atoms with Gasteiger partial charge < -0.3 is 19.7 Å². The summed E-state index contributed by atoms with van der Waals surface area (Å²) in [5, 5.41) is 3.83. The Kier molecular flexibility index (Phi) is 3.92. The second-order valence-electron chi connectivity index (χ2n) is 8.47. The lowest BCUT2D eigenvalue weighted by Gasteiger charge is -2.41. The van der Waals surface area contributed by atoms with Gasteiger partial charge in [-0.1, -0.05) is 18.5 Å². The van der Waals surface area contributed by atoms with Gasteiger partial charge in [-0.05, 0) is 31.0 Å². The summed E-state index contributed by atoms with van der Waals surface area (Å²) in [7, 11) is 1.85. The lowest BCUT2D eigenvalue weighted by Crippen LogP contribution is -2.52. The van der Waals surface area contributed by atoms with Crippen molar-refractivity contribution in [3.63, 3.8) is 0 Å². The van der Waals surface area contributed by atoms with Crippen molar-refractivity contribution in [1.82, 2.24) is 19.5 Å². The van der Waals surface area contributed by atoms with Crippen LogP contribution in [0, 0.1) is 0 Å². The number of fused-ring (bicyclic) bond motifs is 4. The second-order valence-corrected chi connectivity index (χ2v) is 8.91. The highest BCUT2D eigenvalue weighted by molar-refractivity contribution is 6.31. The lowest BCUT2D eigenvalue weighted by atomic mass is 10.0. The number of morpholine rings is 1. The molecule has 1 N–H and O–H groups in total. The molecule has 1 aromatic carbocycles. The molecular weight excluding hydrogens is 404 g/mol. The van der Waals surface area contributed by atoms with Crippen LogP contribution in [0.15, 0.2) is 18.2 Å². The minimum absolute atomic E-state index is 0.0226. The number of rotatable bonds is 3. The van der Waals surface area contributed by atoms with Gasteiger partial charge in [-0.2, -0.15) is 4.98 Å². The molecule has 2 fully saturated rings. The van der Waals surface area contributed by atoms with Crippen LogP contribution in [-0.4, -0.2) is 59.0 Å². The zero-order valence-corrected chi connectivity index (χ0v) is 17.7. The van der Waals surface area contributed by atoms with Crippen LogP contribution >= 0.6 is 11.6 Å². The number of benzene rings is 1. The Morgan fingerprint density at radius 3 is 2.87 bits per heavy atom. The minimum atomic E-state index is 0.0226. The number of nitrogens with zero attached hydrogens (tertiary/aromatic N) is 5. The summed E-state index contributed by atoms with van der Waals surface area (Å²) in [6.07, 6.45) is 2.20. The monoisotopic (exact) mass is 426 g/mol. The third-order valence-electron chi connectivity index (χ3n) is 6.37. The van der Waals surface area contributed by atoms with Crippen LogP contribution < -0.4 is 15.0 Å². The molecule has 9 heteroatoms. The molecule has 0 radical (unpaired) electrons. The van der Waals surface area contributed by atoms with Gasteiger partial charge in [-0.15, -0.1) is 0 Å². The summed E-state index contributed by atoms with van der Waals surface area (Å²) in [6.45, 7) is 4.98. The maximum absolute atomic E-state index is 6.31. The van der Waals surface area contributed by atoms with E-state index < -0.39 is 0 Å². The number of imidazole rings is 1. The molecule has 2 aliphatic heterocycles. The van der Waals surface area contributed by atoms with Crippen molar-refractivity contribution in [2.45, 2.75) is 31.2 Å². The van der Waals surface area contributed by atoms with Gasteiger partial charge in [-0.25, -0.2) is 14.5 Å². The zero-order chi connectivity index (χ0) is 20.5. The highest BCUT2D eigenvalue weighted by Crippen LogP contribution is 2.53. The van der Waals surface area contributed by atoms with Crippen molar-refractivity contribution in [1.29, 1.82) is 0 Å². The highest BCUT2D eigenvalue weighted by atomic mass is 35.5. The number of hydrogen-bond acceptors (Lipinski definition) is 7. The molecule has 8 nitrogen and oxygen atoms in total. The number of halogens is 1. The second kappa shape index (κ2) is 6.46.